The average Bonchev–Trinajstić information content (AvgIpc) is 2.93. The van der Waals surface area contributed by atoms with Crippen LogP contribution in [0, 0.1) is 11.6 Å². The molecule has 0 amide bonds. The molecule has 134 valence electrons. The van der Waals surface area contributed by atoms with Crippen LogP contribution in [0.25, 0.3) is 16.8 Å². The largest absolute Gasteiger partial charge is 0.375 e. The highest BCUT2D eigenvalue weighted by Gasteiger charge is 2.34. The summed E-state index contributed by atoms with van der Waals surface area (Å²) in [4.78, 5) is 1.30. The van der Waals surface area contributed by atoms with Crippen LogP contribution in [0.1, 0.15) is 49.6 Å². The summed E-state index contributed by atoms with van der Waals surface area (Å²) in [5.41, 5.74) is 7.20. The highest BCUT2D eigenvalue weighted by Crippen LogP contribution is 2.47. The van der Waals surface area contributed by atoms with E-state index in [-0.39, 0.29) is 5.54 Å². The minimum atomic E-state index is -0.141. The maximum absolute atomic E-state index is 5.94. The van der Waals surface area contributed by atoms with Gasteiger partial charge in [-0.1, -0.05) is 61.9 Å². The standard InChI is InChI=1S/C22H24N2S2/c1-13(2)15-7-9-16(10-8-15)24-21(25)19-17-11-6-14(3)12-18(17)23-22(4,5)20(19)26-24/h6-13,23H,1-5H3. The zero-order chi connectivity index (χ0) is 18.6. The summed E-state index contributed by atoms with van der Waals surface area (Å²) in [6.45, 7) is 11.0. The molecule has 26 heavy (non-hydrogen) atoms. The average molecular weight is 381 g/mol. The summed E-state index contributed by atoms with van der Waals surface area (Å²) in [5.74, 6) is 0.534. The quantitative estimate of drug-likeness (QED) is 0.481. The van der Waals surface area contributed by atoms with Gasteiger partial charge in [-0.3, -0.25) is 3.96 Å². The van der Waals surface area contributed by atoms with Crippen molar-refractivity contribution in [1.82, 2.24) is 3.96 Å². The van der Waals surface area contributed by atoms with Crippen molar-refractivity contribution in [3.63, 3.8) is 0 Å². The normalized spacial score (nSPS) is 14.7. The molecule has 3 aromatic rings. The van der Waals surface area contributed by atoms with Crippen molar-refractivity contribution in [3.8, 4) is 16.8 Å². The lowest BCUT2D eigenvalue weighted by atomic mass is 9.89. The van der Waals surface area contributed by atoms with E-state index in [1.807, 2.05) is 0 Å². The van der Waals surface area contributed by atoms with Crippen molar-refractivity contribution < 1.29 is 0 Å². The molecule has 1 aromatic heterocycles. The fraction of sp³-hybridized carbons (Fsp3) is 0.318. The Bertz CT molecular complexity index is 1040. The zero-order valence-electron chi connectivity index (χ0n) is 15.9. The predicted molar refractivity (Wildman–Crippen MR) is 115 cm³/mol. The van der Waals surface area contributed by atoms with Crippen LogP contribution in [-0.2, 0) is 5.54 Å². The van der Waals surface area contributed by atoms with Gasteiger partial charge in [-0.2, -0.15) is 0 Å². The molecule has 1 aliphatic rings. The van der Waals surface area contributed by atoms with Gasteiger partial charge in [0.05, 0.1) is 16.1 Å². The van der Waals surface area contributed by atoms with Crippen molar-refractivity contribution >= 4 is 29.4 Å². The number of nitrogens with one attached hydrogen (secondary N) is 1. The Morgan fingerprint density at radius 2 is 1.77 bits per heavy atom. The van der Waals surface area contributed by atoms with Gasteiger partial charge >= 0.3 is 0 Å². The lowest BCUT2D eigenvalue weighted by Gasteiger charge is -2.33. The van der Waals surface area contributed by atoms with Gasteiger partial charge in [-0.05, 0) is 56.0 Å². The number of aromatic nitrogens is 1. The van der Waals surface area contributed by atoms with Gasteiger partial charge in [0, 0.05) is 16.8 Å². The monoisotopic (exact) mass is 380 g/mol. The number of hydrogen-bond acceptors (Lipinski definition) is 3. The lowest BCUT2D eigenvalue weighted by Crippen LogP contribution is -2.30. The Labute approximate surface area is 164 Å². The van der Waals surface area contributed by atoms with Crippen LogP contribution in [0.5, 0.6) is 0 Å². The van der Waals surface area contributed by atoms with Crippen molar-refractivity contribution in [3.05, 3.63) is 63.1 Å². The van der Waals surface area contributed by atoms with E-state index in [0.29, 0.717) is 5.92 Å². The Hall–Kier alpha value is -1.91. The van der Waals surface area contributed by atoms with E-state index in [2.05, 4.69) is 86.4 Å². The molecule has 4 rings (SSSR count). The number of rotatable bonds is 2. The molecule has 0 atom stereocenters. The first-order valence-electron chi connectivity index (χ1n) is 9.04. The molecular formula is C22H24N2S2. The van der Waals surface area contributed by atoms with Gasteiger partial charge in [0.25, 0.3) is 0 Å². The summed E-state index contributed by atoms with van der Waals surface area (Å²) in [6.07, 6.45) is 0. The second-order valence-corrected chi connectivity index (χ2v) is 9.28. The number of nitrogens with zero attached hydrogens (tertiary/aromatic N) is 1. The first-order valence-corrected chi connectivity index (χ1v) is 10.2. The summed E-state index contributed by atoms with van der Waals surface area (Å²) in [6, 6.07) is 15.4. The van der Waals surface area contributed by atoms with E-state index >= 15 is 0 Å². The number of aryl methyl sites for hydroxylation is 1. The molecule has 0 aliphatic carbocycles. The third-order valence-corrected chi connectivity index (χ3v) is 7.04. The van der Waals surface area contributed by atoms with Crippen LogP contribution in [0.2, 0.25) is 0 Å². The van der Waals surface area contributed by atoms with Crippen LogP contribution in [0.15, 0.2) is 42.5 Å². The van der Waals surface area contributed by atoms with Gasteiger partial charge in [-0.15, -0.1) is 0 Å². The zero-order valence-corrected chi connectivity index (χ0v) is 17.5. The molecule has 0 fully saturated rings. The molecule has 0 radical (unpaired) electrons. The van der Waals surface area contributed by atoms with Gasteiger partial charge in [0.2, 0.25) is 0 Å². The molecular weight excluding hydrogens is 356 g/mol. The summed E-state index contributed by atoms with van der Waals surface area (Å²) >= 11 is 7.69. The molecule has 0 bridgehead atoms. The van der Waals surface area contributed by atoms with Gasteiger partial charge < -0.3 is 5.32 Å². The molecule has 0 saturated heterocycles. The molecule has 0 saturated carbocycles. The van der Waals surface area contributed by atoms with Crippen LogP contribution in [0.3, 0.4) is 0 Å². The summed E-state index contributed by atoms with van der Waals surface area (Å²) in [7, 11) is 0. The molecule has 2 heterocycles. The number of anilines is 1. The number of benzene rings is 2. The van der Waals surface area contributed by atoms with Gasteiger partial charge in [0.15, 0.2) is 0 Å². The lowest BCUT2D eigenvalue weighted by molar-refractivity contribution is 0.620. The SMILES string of the molecule is Cc1ccc2c(c1)NC(C)(C)c1sn(-c3ccc(C(C)C)cc3)c(=S)c1-2. The van der Waals surface area contributed by atoms with Crippen LogP contribution < -0.4 is 5.32 Å². The third-order valence-electron chi connectivity index (χ3n) is 5.06. The van der Waals surface area contributed by atoms with Gasteiger partial charge in [-0.25, -0.2) is 0 Å². The molecule has 0 unspecified atom stereocenters. The first kappa shape index (κ1) is 17.5. The minimum Gasteiger partial charge on any atom is -0.375 e. The second kappa shape index (κ2) is 6.07. The van der Waals surface area contributed by atoms with E-state index in [4.69, 9.17) is 12.2 Å². The smallest absolute Gasteiger partial charge is 0.129 e. The fourth-order valence-corrected chi connectivity index (χ4v) is 5.23. The predicted octanol–water partition coefficient (Wildman–Crippen LogP) is 7.03. The molecule has 4 heteroatoms. The molecule has 0 spiro atoms. The van der Waals surface area contributed by atoms with Gasteiger partial charge in [0.1, 0.15) is 4.64 Å². The molecule has 1 N–H and O–H groups in total. The Kier molecular flexibility index (Phi) is 4.08. The van der Waals surface area contributed by atoms with E-state index in [9.17, 15) is 0 Å². The Balaban J connectivity index is 1.92. The fourth-order valence-electron chi connectivity index (χ4n) is 3.58. The maximum Gasteiger partial charge on any atom is 0.129 e. The maximum atomic E-state index is 5.94. The van der Waals surface area contributed by atoms with E-state index in [0.717, 1.165) is 10.3 Å². The van der Waals surface area contributed by atoms with Crippen LogP contribution in [0.4, 0.5) is 5.69 Å². The summed E-state index contributed by atoms with van der Waals surface area (Å²) in [5, 5.41) is 3.70. The highest BCUT2D eigenvalue weighted by molar-refractivity contribution is 7.71. The number of fused-ring (bicyclic) bond motifs is 3. The van der Waals surface area contributed by atoms with E-state index in [1.165, 1.54) is 32.8 Å². The van der Waals surface area contributed by atoms with E-state index < -0.39 is 0 Å². The van der Waals surface area contributed by atoms with Crippen LogP contribution >= 0.6 is 23.8 Å². The van der Waals surface area contributed by atoms with Crippen molar-refractivity contribution in [2.45, 2.75) is 46.1 Å². The Morgan fingerprint density at radius 3 is 2.42 bits per heavy atom. The first-order chi connectivity index (χ1) is 12.3. The summed E-state index contributed by atoms with van der Waals surface area (Å²) < 4.78 is 3.10. The van der Waals surface area contributed by atoms with Crippen molar-refractivity contribution in [2.24, 2.45) is 0 Å². The topological polar surface area (TPSA) is 17.0 Å². The molecule has 1 aliphatic heterocycles. The highest BCUT2D eigenvalue weighted by atomic mass is 32.1. The number of hydrogen-bond donors (Lipinski definition) is 1. The molecule has 2 aromatic carbocycles. The van der Waals surface area contributed by atoms with Crippen molar-refractivity contribution in [1.29, 1.82) is 0 Å². The van der Waals surface area contributed by atoms with Crippen LogP contribution in [-0.4, -0.2) is 3.96 Å². The Morgan fingerprint density at radius 1 is 1.08 bits per heavy atom. The third kappa shape index (κ3) is 2.72. The van der Waals surface area contributed by atoms with Crippen molar-refractivity contribution in [2.75, 3.05) is 5.32 Å². The minimum absolute atomic E-state index is 0.141. The second-order valence-electron chi connectivity index (χ2n) is 7.94. The molecule has 2 nitrogen and oxygen atoms in total. The van der Waals surface area contributed by atoms with E-state index in [1.54, 1.807) is 11.5 Å².